The van der Waals surface area contributed by atoms with E-state index in [2.05, 4.69) is 15.0 Å². The Morgan fingerprint density at radius 1 is 1.16 bits per heavy atom. The molecule has 1 atom stereocenters. The lowest BCUT2D eigenvalue weighted by molar-refractivity contribution is -0.0249. The van der Waals surface area contributed by atoms with Gasteiger partial charge < -0.3 is 14.5 Å². The van der Waals surface area contributed by atoms with Crippen molar-refractivity contribution in [3.8, 4) is 11.1 Å². The molecule has 1 aliphatic rings. The van der Waals surface area contributed by atoms with E-state index in [0.717, 1.165) is 22.5 Å². The van der Waals surface area contributed by atoms with Gasteiger partial charge in [-0.25, -0.2) is 9.97 Å². The monoisotopic (exact) mass is 437 g/mol. The number of ether oxygens (including phenoxy) is 1. The van der Waals surface area contributed by atoms with Crippen LogP contribution < -0.4 is 4.90 Å². The minimum Gasteiger partial charge on any atom is -0.368 e. The van der Waals surface area contributed by atoms with Crippen LogP contribution in [-0.2, 0) is 4.74 Å². The van der Waals surface area contributed by atoms with Crippen LogP contribution in [-0.4, -0.2) is 59.6 Å². The largest absolute Gasteiger partial charge is 0.368 e. The number of halogens is 1. The highest BCUT2D eigenvalue weighted by atomic mass is 35.5. The van der Waals surface area contributed by atoms with Gasteiger partial charge >= 0.3 is 0 Å². The molecule has 7 nitrogen and oxygen atoms in total. The van der Waals surface area contributed by atoms with Crippen LogP contribution in [0, 0.1) is 6.92 Å². The SMILES string of the molecule is Cc1cc(C(=O)N2CCOC(c3ccc(-c4cccc(Cl)c4)cn3)C2)nc(N(C)C)n1. The number of pyridine rings is 1. The first kappa shape index (κ1) is 21.2. The van der Waals surface area contributed by atoms with Crippen LogP contribution in [0.5, 0.6) is 0 Å². The van der Waals surface area contributed by atoms with Crippen molar-refractivity contribution in [2.45, 2.75) is 13.0 Å². The van der Waals surface area contributed by atoms with Gasteiger partial charge in [0.15, 0.2) is 0 Å². The first-order valence-electron chi connectivity index (χ1n) is 10.1. The molecule has 31 heavy (non-hydrogen) atoms. The Hall–Kier alpha value is -3.03. The molecular weight excluding hydrogens is 414 g/mol. The maximum absolute atomic E-state index is 13.1. The molecule has 1 fully saturated rings. The molecule has 1 saturated heterocycles. The van der Waals surface area contributed by atoms with Crippen LogP contribution in [0.2, 0.25) is 5.02 Å². The van der Waals surface area contributed by atoms with Crippen molar-refractivity contribution in [3.05, 3.63) is 70.8 Å². The van der Waals surface area contributed by atoms with Crippen LogP contribution in [0.15, 0.2) is 48.7 Å². The minimum atomic E-state index is -0.289. The molecule has 8 heteroatoms. The van der Waals surface area contributed by atoms with Crippen LogP contribution >= 0.6 is 11.6 Å². The van der Waals surface area contributed by atoms with Crippen molar-refractivity contribution >= 4 is 23.5 Å². The molecule has 1 aromatic carbocycles. The Balaban J connectivity index is 1.50. The number of morpholine rings is 1. The van der Waals surface area contributed by atoms with Gasteiger partial charge in [0.25, 0.3) is 5.91 Å². The van der Waals surface area contributed by atoms with Crippen molar-refractivity contribution in [1.29, 1.82) is 0 Å². The molecule has 0 saturated carbocycles. The van der Waals surface area contributed by atoms with Crippen molar-refractivity contribution in [2.75, 3.05) is 38.7 Å². The Kier molecular flexibility index (Phi) is 6.15. The summed E-state index contributed by atoms with van der Waals surface area (Å²) < 4.78 is 5.91. The summed E-state index contributed by atoms with van der Waals surface area (Å²) in [4.78, 5) is 30.0. The van der Waals surface area contributed by atoms with Crippen molar-refractivity contribution in [2.24, 2.45) is 0 Å². The lowest BCUT2D eigenvalue weighted by Gasteiger charge is -2.32. The summed E-state index contributed by atoms with van der Waals surface area (Å²) in [5.74, 6) is 0.392. The number of aryl methyl sites for hydroxylation is 1. The van der Waals surface area contributed by atoms with Gasteiger partial charge in [-0.2, -0.15) is 0 Å². The fourth-order valence-electron chi connectivity index (χ4n) is 3.47. The minimum absolute atomic E-state index is 0.127. The van der Waals surface area contributed by atoms with Gasteiger partial charge in [0, 0.05) is 43.1 Å². The van der Waals surface area contributed by atoms with Gasteiger partial charge in [-0.05, 0) is 36.8 Å². The molecule has 1 unspecified atom stereocenters. The predicted octanol–water partition coefficient (Wildman–Crippen LogP) is 3.78. The van der Waals surface area contributed by atoms with Crippen molar-refractivity contribution in [3.63, 3.8) is 0 Å². The number of benzene rings is 1. The highest BCUT2D eigenvalue weighted by molar-refractivity contribution is 6.30. The maximum Gasteiger partial charge on any atom is 0.272 e. The molecule has 0 radical (unpaired) electrons. The highest BCUT2D eigenvalue weighted by Crippen LogP contribution is 2.26. The lowest BCUT2D eigenvalue weighted by atomic mass is 10.1. The Morgan fingerprint density at radius 3 is 2.71 bits per heavy atom. The average Bonchev–Trinajstić information content (AvgIpc) is 2.78. The second-order valence-electron chi connectivity index (χ2n) is 7.68. The van der Waals surface area contributed by atoms with E-state index >= 15 is 0 Å². The molecule has 3 heterocycles. The molecule has 160 valence electrons. The molecule has 0 spiro atoms. The van der Waals surface area contributed by atoms with E-state index < -0.39 is 0 Å². The van der Waals surface area contributed by atoms with E-state index in [1.807, 2.05) is 63.6 Å². The average molecular weight is 438 g/mol. The molecule has 1 amide bonds. The zero-order valence-corrected chi connectivity index (χ0v) is 18.5. The van der Waals surface area contributed by atoms with E-state index in [9.17, 15) is 4.79 Å². The zero-order chi connectivity index (χ0) is 22.0. The third-order valence-electron chi connectivity index (χ3n) is 5.09. The summed E-state index contributed by atoms with van der Waals surface area (Å²) in [6.07, 6.45) is 1.52. The molecule has 3 aromatic rings. The van der Waals surface area contributed by atoms with E-state index in [-0.39, 0.29) is 12.0 Å². The number of rotatable bonds is 4. The predicted molar refractivity (Wildman–Crippen MR) is 120 cm³/mol. The summed E-state index contributed by atoms with van der Waals surface area (Å²) in [5.41, 5.74) is 3.91. The fraction of sp³-hybridized carbons (Fsp3) is 0.304. The Morgan fingerprint density at radius 2 is 2.00 bits per heavy atom. The summed E-state index contributed by atoms with van der Waals surface area (Å²) >= 11 is 6.09. The summed E-state index contributed by atoms with van der Waals surface area (Å²) in [7, 11) is 3.71. The summed E-state index contributed by atoms with van der Waals surface area (Å²) in [6.45, 7) is 3.23. The van der Waals surface area contributed by atoms with Crippen LogP contribution in [0.4, 0.5) is 5.95 Å². The third kappa shape index (κ3) is 4.84. The van der Waals surface area contributed by atoms with Crippen molar-refractivity contribution in [1.82, 2.24) is 19.9 Å². The number of carbonyl (C=O) groups excluding carboxylic acids is 1. The number of nitrogens with zero attached hydrogens (tertiary/aromatic N) is 5. The topological polar surface area (TPSA) is 71.5 Å². The summed E-state index contributed by atoms with van der Waals surface area (Å²) in [6, 6.07) is 13.3. The quantitative estimate of drug-likeness (QED) is 0.618. The summed E-state index contributed by atoms with van der Waals surface area (Å²) in [5, 5.41) is 0.684. The number of anilines is 1. The van der Waals surface area contributed by atoms with Gasteiger partial charge in [-0.15, -0.1) is 0 Å². The van der Waals surface area contributed by atoms with E-state index in [0.29, 0.717) is 36.4 Å². The van der Waals surface area contributed by atoms with E-state index in [1.165, 1.54) is 0 Å². The molecule has 2 aromatic heterocycles. The van der Waals surface area contributed by atoms with Gasteiger partial charge in [-0.1, -0.05) is 29.8 Å². The van der Waals surface area contributed by atoms with Gasteiger partial charge in [0.2, 0.25) is 5.95 Å². The smallest absolute Gasteiger partial charge is 0.272 e. The van der Waals surface area contributed by atoms with Crippen LogP contribution in [0.3, 0.4) is 0 Å². The number of aromatic nitrogens is 3. The normalized spacial score (nSPS) is 16.3. The lowest BCUT2D eigenvalue weighted by Crippen LogP contribution is -2.42. The Labute approximate surface area is 186 Å². The van der Waals surface area contributed by atoms with E-state index in [4.69, 9.17) is 16.3 Å². The Bertz CT molecular complexity index is 1090. The number of amides is 1. The number of hydrogen-bond donors (Lipinski definition) is 0. The second kappa shape index (κ2) is 8.99. The van der Waals surface area contributed by atoms with E-state index in [1.54, 1.807) is 15.9 Å². The number of carbonyl (C=O) groups is 1. The molecule has 0 aliphatic carbocycles. The molecule has 0 N–H and O–H groups in total. The molecule has 0 bridgehead atoms. The maximum atomic E-state index is 13.1. The first-order chi connectivity index (χ1) is 14.9. The van der Waals surface area contributed by atoms with Gasteiger partial charge in [0.1, 0.15) is 11.8 Å². The standard InChI is InChI=1S/C23H24ClN5O2/c1-15-11-20(27-23(26-15)28(2)3)22(30)29-9-10-31-21(14-29)19-8-7-17(13-25-19)16-5-4-6-18(24)12-16/h4-8,11-13,21H,9-10,14H2,1-3H3. The first-order valence-corrected chi connectivity index (χ1v) is 10.4. The molecule has 1 aliphatic heterocycles. The van der Waals surface area contributed by atoms with Crippen LogP contribution in [0.25, 0.3) is 11.1 Å². The fourth-order valence-corrected chi connectivity index (χ4v) is 3.66. The zero-order valence-electron chi connectivity index (χ0n) is 17.7. The number of hydrogen-bond acceptors (Lipinski definition) is 6. The second-order valence-corrected chi connectivity index (χ2v) is 8.12. The third-order valence-corrected chi connectivity index (χ3v) is 5.32. The van der Waals surface area contributed by atoms with Gasteiger partial charge in [0.05, 0.1) is 18.8 Å². The molecular formula is C23H24ClN5O2. The van der Waals surface area contributed by atoms with Gasteiger partial charge in [-0.3, -0.25) is 9.78 Å². The van der Waals surface area contributed by atoms with Crippen LogP contribution in [0.1, 0.15) is 28.0 Å². The molecule has 4 rings (SSSR count). The highest BCUT2D eigenvalue weighted by Gasteiger charge is 2.28. The van der Waals surface area contributed by atoms with Crippen molar-refractivity contribution < 1.29 is 9.53 Å².